The van der Waals surface area contributed by atoms with Gasteiger partial charge in [0.05, 0.1) is 5.69 Å². The van der Waals surface area contributed by atoms with Crippen LogP contribution in [-0.4, -0.2) is 17.4 Å². The third kappa shape index (κ3) is 1.75. The zero-order chi connectivity index (χ0) is 9.26. The molecule has 1 atom stereocenters. The third-order valence-corrected chi connectivity index (χ3v) is 3.54. The molecule has 0 spiro atoms. The zero-order valence-corrected chi connectivity index (χ0v) is 8.40. The van der Waals surface area contributed by atoms with E-state index in [4.69, 9.17) is 0 Å². The van der Waals surface area contributed by atoms with Crippen LogP contribution < -0.4 is 5.32 Å². The van der Waals surface area contributed by atoms with Crippen LogP contribution in [0.4, 0.5) is 5.69 Å². The van der Waals surface area contributed by atoms with Crippen molar-refractivity contribution in [2.45, 2.75) is 11.8 Å². The Morgan fingerprint density at radius 2 is 2.38 bits per heavy atom. The van der Waals surface area contributed by atoms with Gasteiger partial charge in [-0.1, -0.05) is 13.0 Å². The van der Waals surface area contributed by atoms with Gasteiger partial charge in [-0.2, -0.15) is 0 Å². The van der Waals surface area contributed by atoms with E-state index in [-0.39, 0.29) is 0 Å². The van der Waals surface area contributed by atoms with Crippen LogP contribution >= 0.6 is 11.8 Å². The largest absolute Gasteiger partial charge is 0.506 e. The monoisotopic (exact) mass is 195 g/mol. The summed E-state index contributed by atoms with van der Waals surface area (Å²) in [5.41, 5.74) is 0.900. The standard InChI is InChI=1S/C10H13NOS/c1-7-5-11-10-8(12)3-2-4-9(10)13-6-7/h2-4,7,11-12H,5-6H2,1H3. The number of aromatic hydroxyl groups is 1. The van der Waals surface area contributed by atoms with Gasteiger partial charge in [-0.25, -0.2) is 0 Å². The van der Waals surface area contributed by atoms with Crippen molar-refractivity contribution in [1.29, 1.82) is 0 Å². The molecule has 1 aromatic carbocycles. The van der Waals surface area contributed by atoms with Gasteiger partial charge in [-0.15, -0.1) is 11.8 Å². The van der Waals surface area contributed by atoms with Gasteiger partial charge in [-0.05, 0) is 18.1 Å². The van der Waals surface area contributed by atoms with Crippen LogP contribution in [0.5, 0.6) is 5.75 Å². The van der Waals surface area contributed by atoms with Crippen LogP contribution in [0.25, 0.3) is 0 Å². The van der Waals surface area contributed by atoms with Crippen LogP contribution in [0, 0.1) is 5.92 Å². The summed E-state index contributed by atoms with van der Waals surface area (Å²) >= 11 is 1.81. The van der Waals surface area contributed by atoms with Gasteiger partial charge in [0.25, 0.3) is 0 Å². The van der Waals surface area contributed by atoms with E-state index in [2.05, 4.69) is 12.2 Å². The van der Waals surface area contributed by atoms with E-state index in [9.17, 15) is 5.11 Å². The highest BCUT2D eigenvalue weighted by Gasteiger charge is 2.14. The number of phenols is 1. The first-order chi connectivity index (χ1) is 6.27. The summed E-state index contributed by atoms with van der Waals surface area (Å²) in [6.45, 7) is 3.15. The number of nitrogens with one attached hydrogen (secondary N) is 1. The maximum atomic E-state index is 9.59. The van der Waals surface area contributed by atoms with E-state index < -0.39 is 0 Å². The smallest absolute Gasteiger partial charge is 0.139 e. The number of fused-ring (bicyclic) bond motifs is 1. The highest BCUT2D eigenvalue weighted by Crippen LogP contribution is 2.37. The van der Waals surface area contributed by atoms with Gasteiger partial charge in [0.1, 0.15) is 5.75 Å². The van der Waals surface area contributed by atoms with Crippen molar-refractivity contribution in [2.75, 3.05) is 17.6 Å². The molecule has 1 aliphatic heterocycles. The first kappa shape index (κ1) is 8.75. The Hall–Kier alpha value is -0.830. The van der Waals surface area contributed by atoms with E-state index in [1.54, 1.807) is 6.07 Å². The number of para-hydroxylation sites is 1. The SMILES string of the molecule is CC1CNc2c(O)cccc2SC1. The van der Waals surface area contributed by atoms with Crippen molar-refractivity contribution in [3.8, 4) is 5.75 Å². The lowest BCUT2D eigenvalue weighted by molar-refractivity contribution is 0.475. The molecule has 2 N–H and O–H groups in total. The zero-order valence-electron chi connectivity index (χ0n) is 7.58. The molecule has 0 aliphatic carbocycles. The first-order valence-corrected chi connectivity index (χ1v) is 5.44. The summed E-state index contributed by atoms with van der Waals surface area (Å²) in [5, 5.41) is 12.9. The van der Waals surface area contributed by atoms with E-state index in [1.807, 2.05) is 23.9 Å². The van der Waals surface area contributed by atoms with Crippen LogP contribution in [0.15, 0.2) is 23.1 Å². The highest BCUT2D eigenvalue weighted by molar-refractivity contribution is 7.99. The fourth-order valence-electron chi connectivity index (χ4n) is 1.38. The van der Waals surface area contributed by atoms with E-state index in [0.717, 1.165) is 22.9 Å². The van der Waals surface area contributed by atoms with Gasteiger partial charge in [0.2, 0.25) is 0 Å². The molecule has 0 bridgehead atoms. The molecule has 2 nitrogen and oxygen atoms in total. The summed E-state index contributed by atoms with van der Waals surface area (Å²) in [6, 6.07) is 5.66. The summed E-state index contributed by atoms with van der Waals surface area (Å²) in [5.74, 6) is 2.12. The maximum Gasteiger partial charge on any atom is 0.139 e. The molecule has 2 rings (SSSR count). The molecule has 0 amide bonds. The van der Waals surface area contributed by atoms with Crippen molar-refractivity contribution in [1.82, 2.24) is 0 Å². The van der Waals surface area contributed by atoms with Gasteiger partial charge in [0.15, 0.2) is 0 Å². The maximum absolute atomic E-state index is 9.59. The van der Waals surface area contributed by atoms with Gasteiger partial charge in [0, 0.05) is 17.2 Å². The Labute approximate surface area is 82.4 Å². The van der Waals surface area contributed by atoms with E-state index in [1.165, 1.54) is 0 Å². The molecule has 3 heteroatoms. The van der Waals surface area contributed by atoms with Crippen LogP contribution in [0.3, 0.4) is 0 Å². The first-order valence-electron chi connectivity index (χ1n) is 4.46. The third-order valence-electron chi connectivity index (χ3n) is 2.15. The molecule has 1 aromatic rings. The molecular formula is C10H13NOS. The molecular weight excluding hydrogens is 182 g/mol. The number of benzene rings is 1. The predicted octanol–water partition coefficient (Wildman–Crippen LogP) is 2.55. The quantitative estimate of drug-likeness (QED) is 0.624. The number of thioether (sulfide) groups is 1. The lowest BCUT2D eigenvalue weighted by Crippen LogP contribution is -2.10. The second-order valence-corrected chi connectivity index (χ2v) is 4.51. The van der Waals surface area contributed by atoms with Crippen LogP contribution in [0.1, 0.15) is 6.92 Å². The lowest BCUT2D eigenvalue weighted by Gasteiger charge is -2.08. The topological polar surface area (TPSA) is 32.3 Å². The Morgan fingerprint density at radius 3 is 3.23 bits per heavy atom. The minimum Gasteiger partial charge on any atom is -0.506 e. The van der Waals surface area contributed by atoms with Crippen molar-refractivity contribution in [2.24, 2.45) is 5.92 Å². The molecule has 13 heavy (non-hydrogen) atoms. The second-order valence-electron chi connectivity index (χ2n) is 3.45. The number of phenolic OH excluding ortho intramolecular Hbond substituents is 1. The molecule has 1 heterocycles. The van der Waals surface area contributed by atoms with Crippen molar-refractivity contribution >= 4 is 17.4 Å². The normalized spacial score (nSPS) is 21.5. The Balaban J connectivity index is 2.35. The number of anilines is 1. The molecule has 70 valence electrons. The van der Waals surface area contributed by atoms with Crippen LogP contribution in [0.2, 0.25) is 0 Å². The summed E-state index contributed by atoms with van der Waals surface area (Å²) in [6.07, 6.45) is 0. The number of hydrogen-bond acceptors (Lipinski definition) is 3. The summed E-state index contributed by atoms with van der Waals surface area (Å²) in [7, 11) is 0. The van der Waals surface area contributed by atoms with Gasteiger partial charge in [-0.3, -0.25) is 0 Å². The minimum atomic E-state index is 0.360. The average molecular weight is 195 g/mol. The van der Waals surface area contributed by atoms with Crippen molar-refractivity contribution < 1.29 is 5.11 Å². The molecule has 1 aliphatic rings. The number of hydrogen-bond donors (Lipinski definition) is 2. The molecule has 1 unspecified atom stereocenters. The molecule has 0 aromatic heterocycles. The molecule has 0 radical (unpaired) electrons. The predicted molar refractivity (Wildman–Crippen MR) is 56.5 cm³/mol. The van der Waals surface area contributed by atoms with E-state index >= 15 is 0 Å². The Kier molecular flexibility index (Phi) is 2.36. The average Bonchev–Trinajstić information content (AvgIpc) is 2.30. The van der Waals surface area contributed by atoms with Gasteiger partial charge >= 0.3 is 0 Å². The van der Waals surface area contributed by atoms with Crippen molar-refractivity contribution in [3.63, 3.8) is 0 Å². The fraction of sp³-hybridized carbons (Fsp3) is 0.400. The van der Waals surface area contributed by atoms with E-state index in [0.29, 0.717) is 11.7 Å². The summed E-state index contributed by atoms with van der Waals surface area (Å²) in [4.78, 5) is 1.16. The Morgan fingerprint density at radius 1 is 1.54 bits per heavy atom. The van der Waals surface area contributed by atoms with Crippen LogP contribution in [-0.2, 0) is 0 Å². The fourth-order valence-corrected chi connectivity index (χ4v) is 2.46. The number of rotatable bonds is 0. The molecule has 0 saturated carbocycles. The summed E-state index contributed by atoms with van der Waals surface area (Å²) < 4.78 is 0. The lowest BCUT2D eigenvalue weighted by atomic mass is 10.2. The minimum absolute atomic E-state index is 0.360. The Bertz CT molecular complexity index is 314. The molecule has 0 fully saturated rings. The highest BCUT2D eigenvalue weighted by atomic mass is 32.2. The van der Waals surface area contributed by atoms with Crippen molar-refractivity contribution in [3.05, 3.63) is 18.2 Å². The van der Waals surface area contributed by atoms with Gasteiger partial charge < -0.3 is 10.4 Å². The second kappa shape index (κ2) is 3.50. The molecule has 0 saturated heterocycles.